The van der Waals surface area contributed by atoms with Gasteiger partial charge in [-0.15, -0.1) is 10.2 Å². The molecule has 4 rings (SSSR count). The van der Waals surface area contributed by atoms with Gasteiger partial charge in [-0.25, -0.2) is 4.39 Å². The fraction of sp³-hybridized carbons (Fsp3) is 0.357. The summed E-state index contributed by atoms with van der Waals surface area (Å²) in [5, 5.41) is 8.77. The summed E-state index contributed by atoms with van der Waals surface area (Å²) in [6.45, 7) is 2.96. The molecule has 2 amide bonds. The van der Waals surface area contributed by atoms with Gasteiger partial charge in [-0.1, -0.05) is 24.3 Å². The van der Waals surface area contributed by atoms with Crippen LogP contribution in [-0.2, 0) is 4.79 Å². The Balaban J connectivity index is 1.36. The van der Waals surface area contributed by atoms with Gasteiger partial charge in [-0.2, -0.15) is 0 Å². The van der Waals surface area contributed by atoms with Gasteiger partial charge in [0.2, 0.25) is 5.91 Å². The van der Waals surface area contributed by atoms with E-state index in [-0.39, 0.29) is 18.0 Å². The van der Waals surface area contributed by atoms with Crippen molar-refractivity contribution in [2.75, 3.05) is 71.9 Å². The number of carbonyl (C=O) groups excluding carboxylic acids is 2. The Labute approximate surface area is 222 Å². The number of nitrogens with zero attached hydrogens (tertiary/aromatic N) is 6. The number of likely N-dealkylation sites (N-methyl/N-ethyl adjacent to an activating group) is 1. The number of hydrogen-bond donors (Lipinski definition) is 0. The number of halogens is 1. The van der Waals surface area contributed by atoms with E-state index in [1.54, 1.807) is 18.1 Å². The summed E-state index contributed by atoms with van der Waals surface area (Å²) < 4.78 is 19.6. The molecule has 200 valence electrons. The number of ether oxygens (including phenoxy) is 1. The van der Waals surface area contributed by atoms with Crippen LogP contribution in [0.25, 0.3) is 11.3 Å². The number of piperazine rings is 1. The minimum atomic E-state index is -0.591. The molecule has 1 aliphatic rings. The lowest BCUT2D eigenvalue weighted by atomic mass is 10.1. The van der Waals surface area contributed by atoms with Gasteiger partial charge in [-0.05, 0) is 50.5 Å². The number of anilines is 1. The predicted octanol–water partition coefficient (Wildman–Crippen LogP) is 2.64. The number of aromatic nitrogens is 2. The molecule has 0 atom stereocenters. The number of amides is 2. The molecule has 2 aromatic carbocycles. The van der Waals surface area contributed by atoms with Crippen molar-refractivity contribution in [3.8, 4) is 17.0 Å². The quantitative estimate of drug-likeness (QED) is 0.429. The van der Waals surface area contributed by atoms with Gasteiger partial charge in [0.1, 0.15) is 18.1 Å². The topological polar surface area (TPSA) is 82.1 Å². The van der Waals surface area contributed by atoms with Crippen LogP contribution in [0, 0.1) is 5.82 Å². The van der Waals surface area contributed by atoms with Gasteiger partial charge < -0.3 is 24.3 Å². The molecule has 38 heavy (non-hydrogen) atoms. The molecule has 0 radical (unpaired) electrons. The molecule has 0 bridgehead atoms. The van der Waals surface area contributed by atoms with Gasteiger partial charge in [0.25, 0.3) is 5.91 Å². The largest absolute Gasteiger partial charge is 0.497 e. The maximum atomic E-state index is 14.3. The first-order chi connectivity index (χ1) is 18.4. The second-order valence-corrected chi connectivity index (χ2v) is 9.39. The van der Waals surface area contributed by atoms with Crippen molar-refractivity contribution in [2.45, 2.75) is 0 Å². The van der Waals surface area contributed by atoms with E-state index in [1.807, 2.05) is 55.4 Å². The monoisotopic (exact) mass is 520 g/mol. The SMILES string of the molecule is COc1cccc(-c2ccc(N3CCN(C(=O)CN(CCN(C)C)C(=O)c4ccccc4F)CC3)nn2)c1. The third-order valence-corrected chi connectivity index (χ3v) is 6.51. The van der Waals surface area contributed by atoms with Crippen molar-refractivity contribution in [2.24, 2.45) is 0 Å². The van der Waals surface area contributed by atoms with Gasteiger partial charge in [0.05, 0.1) is 18.4 Å². The number of methoxy groups -OCH3 is 1. The summed E-state index contributed by atoms with van der Waals surface area (Å²) in [5.41, 5.74) is 1.64. The predicted molar refractivity (Wildman–Crippen MR) is 144 cm³/mol. The van der Waals surface area contributed by atoms with E-state index in [0.29, 0.717) is 39.3 Å². The molecular weight excluding hydrogens is 487 g/mol. The van der Waals surface area contributed by atoms with Crippen molar-refractivity contribution in [1.29, 1.82) is 0 Å². The Morgan fingerprint density at radius 1 is 0.947 bits per heavy atom. The molecule has 9 nitrogen and oxygen atoms in total. The fourth-order valence-electron chi connectivity index (χ4n) is 4.26. The number of hydrogen-bond acceptors (Lipinski definition) is 7. The summed E-state index contributed by atoms with van der Waals surface area (Å²) >= 11 is 0. The highest BCUT2D eigenvalue weighted by atomic mass is 19.1. The van der Waals surface area contributed by atoms with E-state index >= 15 is 0 Å². The lowest BCUT2D eigenvalue weighted by molar-refractivity contribution is -0.132. The van der Waals surface area contributed by atoms with Crippen LogP contribution in [0.2, 0.25) is 0 Å². The highest BCUT2D eigenvalue weighted by Crippen LogP contribution is 2.23. The van der Waals surface area contributed by atoms with Crippen LogP contribution >= 0.6 is 0 Å². The Morgan fingerprint density at radius 2 is 1.71 bits per heavy atom. The molecule has 1 saturated heterocycles. The van der Waals surface area contributed by atoms with E-state index in [9.17, 15) is 14.0 Å². The number of benzene rings is 2. The average molecular weight is 521 g/mol. The van der Waals surface area contributed by atoms with Gasteiger partial charge in [-0.3, -0.25) is 9.59 Å². The molecule has 0 aliphatic carbocycles. The van der Waals surface area contributed by atoms with Crippen LogP contribution in [0.4, 0.5) is 10.2 Å². The molecule has 0 unspecified atom stereocenters. The van der Waals surface area contributed by atoms with Crippen molar-refractivity contribution in [1.82, 2.24) is 24.9 Å². The van der Waals surface area contributed by atoms with Crippen LogP contribution in [0.1, 0.15) is 10.4 Å². The molecule has 0 N–H and O–H groups in total. The van der Waals surface area contributed by atoms with E-state index in [4.69, 9.17) is 4.74 Å². The third kappa shape index (κ3) is 6.63. The van der Waals surface area contributed by atoms with Crippen LogP contribution < -0.4 is 9.64 Å². The molecule has 1 fully saturated rings. The molecule has 2 heterocycles. The maximum Gasteiger partial charge on any atom is 0.257 e. The first-order valence-electron chi connectivity index (χ1n) is 12.5. The second-order valence-electron chi connectivity index (χ2n) is 9.39. The summed E-state index contributed by atoms with van der Waals surface area (Å²) in [7, 11) is 5.40. The fourth-order valence-corrected chi connectivity index (χ4v) is 4.26. The Morgan fingerprint density at radius 3 is 2.37 bits per heavy atom. The molecule has 3 aromatic rings. The molecular formula is C28H33FN6O3. The van der Waals surface area contributed by atoms with Crippen molar-refractivity contribution in [3.63, 3.8) is 0 Å². The second kappa shape index (κ2) is 12.5. The van der Waals surface area contributed by atoms with Crippen LogP contribution in [0.3, 0.4) is 0 Å². The summed E-state index contributed by atoms with van der Waals surface area (Å²) in [4.78, 5) is 33.4. The van der Waals surface area contributed by atoms with Crippen molar-refractivity contribution in [3.05, 3.63) is 72.0 Å². The summed E-state index contributed by atoms with van der Waals surface area (Å²) in [5.74, 6) is 0.263. The third-order valence-electron chi connectivity index (χ3n) is 6.51. The van der Waals surface area contributed by atoms with Crippen LogP contribution in [0.5, 0.6) is 5.75 Å². The van der Waals surface area contributed by atoms with Gasteiger partial charge >= 0.3 is 0 Å². The number of carbonyl (C=O) groups is 2. The smallest absolute Gasteiger partial charge is 0.257 e. The van der Waals surface area contributed by atoms with Crippen LogP contribution in [0.15, 0.2) is 60.7 Å². The Kier molecular flexibility index (Phi) is 8.85. The van der Waals surface area contributed by atoms with Crippen LogP contribution in [-0.4, -0.2) is 104 Å². The lowest BCUT2D eigenvalue weighted by Gasteiger charge is -2.36. The first-order valence-corrected chi connectivity index (χ1v) is 12.5. The highest BCUT2D eigenvalue weighted by Gasteiger charge is 2.27. The molecule has 1 aliphatic heterocycles. The molecule has 10 heteroatoms. The first kappa shape index (κ1) is 27.0. The Bertz CT molecular complexity index is 1250. The maximum absolute atomic E-state index is 14.3. The minimum absolute atomic E-state index is 0.0279. The van der Waals surface area contributed by atoms with E-state index in [1.165, 1.54) is 23.1 Å². The molecule has 0 spiro atoms. The lowest BCUT2D eigenvalue weighted by Crippen LogP contribution is -2.52. The molecule has 0 saturated carbocycles. The average Bonchev–Trinajstić information content (AvgIpc) is 2.95. The Hall–Kier alpha value is -4.05. The summed E-state index contributed by atoms with van der Waals surface area (Å²) in [6, 6.07) is 17.4. The van der Waals surface area contributed by atoms with Gasteiger partial charge in [0, 0.05) is 44.8 Å². The van der Waals surface area contributed by atoms with Crippen molar-refractivity contribution >= 4 is 17.6 Å². The zero-order chi connectivity index (χ0) is 27.1. The van der Waals surface area contributed by atoms with E-state index in [2.05, 4.69) is 15.1 Å². The number of rotatable bonds is 9. The van der Waals surface area contributed by atoms with Gasteiger partial charge in [0.15, 0.2) is 5.82 Å². The normalized spacial score (nSPS) is 13.5. The highest BCUT2D eigenvalue weighted by molar-refractivity contribution is 5.96. The zero-order valence-corrected chi connectivity index (χ0v) is 22.0. The summed E-state index contributed by atoms with van der Waals surface area (Å²) in [6.07, 6.45) is 0. The van der Waals surface area contributed by atoms with Crippen molar-refractivity contribution < 1.29 is 18.7 Å². The van der Waals surface area contributed by atoms with E-state index < -0.39 is 11.7 Å². The standard InChI is InChI=1S/C28H33FN6O3/c1-32(2)13-14-35(28(37)23-9-4-5-10-24(23)29)20-27(36)34-17-15-33(16-18-34)26-12-11-25(30-31-26)21-7-6-8-22(19-21)38-3/h4-12,19H,13-18,20H2,1-3H3. The van der Waals surface area contributed by atoms with E-state index in [0.717, 1.165) is 22.8 Å². The minimum Gasteiger partial charge on any atom is -0.497 e. The zero-order valence-electron chi connectivity index (χ0n) is 22.0. The molecule has 1 aromatic heterocycles.